The van der Waals surface area contributed by atoms with Crippen molar-refractivity contribution in [3.05, 3.63) is 71.0 Å². The number of benzene rings is 2. The van der Waals surface area contributed by atoms with E-state index in [0.29, 0.717) is 113 Å². The van der Waals surface area contributed by atoms with E-state index < -0.39 is 11.8 Å². The van der Waals surface area contributed by atoms with Crippen molar-refractivity contribution in [3.8, 4) is 0 Å². The fourth-order valence-corrected chi connectivity index (χ4v) is 7.77. The maximum Gasteiger partial charge on any atom is 0.273 e. The van der Waals surface area contributed by atoms with Gasteiger partial charge < -0.3 is 62.2 Å². The minimum absolute atomic E-state index is 0.00197. The predicted octanol–water partition coefficient (Wildman–Crippen LogP) is 0.796. The highest BCUT2D eigenvalue weighted by atomic mass is 16.5. The maximum atomic E-state index is 12.7. The fourth-order valence-electron chi connectivity index (χ4n) is 7.77. The van der Waals surface area contributed by atoms with Crippen LogP contribution in [-0.2, 0) is 14.3 Å². The van der Waals surface area contributed by atoms with E-state index in [9.17, 15) is 24.0 Å². The van der Waals surface area contributed by atoms with Gasteiger partial charge in [0.2, 0.25) is 17.8 Å². The standard InChI is InChI=1S/C23H30N8O4.C20H26N8O3/c1-2-18(32)25-17-4-3-9-31(14-17)23-27-21(19(20(24)33)28-29-23)26-16-7-5-15(6-8-16)22(34)30-10-12-35-13-11-30;21-14-2-1-7-28(12-14)20-24-18(16(17(22)29)25-26-20)23-15-5-3-13(4-6-15)19(30)27-8-10-31-11-9-27/h5-8,17H,2-4,9-14H2,1H3,(H2,24,33)(H,25,32)(H,26,27,29);3-6,14H,1-2,7-12,21H2,(H2,22,29)(H,23,24,26)/t17-;14-/m11/s1. The third-order valence-electron chi connectivity index (χ3n) is 11.3. The lowest BCUT2D eigenvalue weighted by atomic mass is 10.1. The first-order valence-corrected chi connectivity index (χ1v) is 22.1. The monoisotopic (exact) mass is 908 g/mol. The molecular formula is C43H56N16O7. The lowest BCUT2D eigenvalue weighted by Crippen LogP contribution is -2.48. The average molecular weight is 909 g/mol. The van der Waals surface area contributed by atoms with Crippen molar-refractivity contribution in [1.29, 1.82) is 0 Å². The molecule has 0 aliphatic carbocycles. The van der Waals surface area contributed by atoms with Crippen molar-refractivity contribution >= 4 is 64.4 Å². The van der Waals surface area contributed by atoms with Gasteiger partial charge >= 0.3 is 0 Å². The lowest BCUT2D eigenvalue weighted by molar-refractivity contribution is -0.121. The first-order valence-electron chi connectivity index (χ1n) is 22.1. The van der Waals surface area contributed by atoms with E-state index >= 15 is 0 Å². The molecular weight excluding hydrogens is 853 g/mol. The van der Waals surface area contributed by atoms with E-state index in [2.05, 4.69) is 46.3 Å². The Bertz CT molecular complexity index is 2340. The molecule has 350 valence electrons. The van der Waals surface area contributed by atoms with Crippen LogP contribution in [-0.4, -0.2) is 161 Å². The SMILES string of the molecule is CCC(=O)N[C@@H]1CCCN(c2nnc(C(N)=O)c(Nc3ccc(C(=O)N4CCOCC4)cc3)n2)C1.NC(=O)c1nnc(N2CCC[C@@H](N)C2)nc1Nc1ccc(C(=O)N2CCOCC2)cc1. The Hall–Kier alpha value is -7.11. The summed E-state index contributed by atoms with van der Waals surface area (Å²) in [6.07, 6.45) is 4.03. The molecule has 5 amide bonds. The Balaban J connectivity index is 0.000000198. The van der Waals surface area contributed by atoms with Crippen molar-refractivity contribution in [3.63, 3.8) is 0 Å². The van der Waals surface area contributed by atoms with Crippen molar-refractivity contribution in [2.45, 2.75) is 51.1 Å². The highest BCUT2D eigenvalue weighted by molar-refractivity contribution is 5.98. The minimum Gasteiger partial charge on any atom is -0.378 e. The second kappa shape index (κ2) is 22.2. The van der Waals surface area contributed by atoms with Gasteiger partial charge in [-0.3, -0.25) is 24.0 Å². The molecule has 4 aliphatic heterocycles. The van der Waals surface area contributed by atoms with Gasteiger partial charge in [0.05, 0.1) is 26.4 Å². The van der Waals surface area contributed by atoms with Gasteiger partial charge in [0.15, 0.2) is 23.0 Å². The lowest BCUT2D eigenvalue weighted by Gasteiger charge is -2.33. The van der Waals surface area contributed by atoms with Crippen LogP contribution in [0.15, 0.2) is 48.5 Å². The fraction of sp³-hybridized carbons (Fsp3) is 0.465. The Labute approximate surface area is 381 Å². The third-order valence-corrected chi connectivity index (χ3v) is 11.3. The molecule has 0 saturated carbocycles. The highest BCUT2D eigenvalue weighted by Crippen LogP contribution is 2.25. The molecule has 2 aromatic carbocycles. The van der Waals surface area contributed by atoms with E-state index in [1.54, 1.807) is 58.3 Å². The average Bonchev–Trinajstić information content (AvgIpc) is 3.34. The number of rotatable bonds is 12. The molecule has 9 N–H and O–H groups in total. The summed E-state index contributed by atoms with van der Waals surface area (Å²) < 4.78 is 10.6. The molecule has 4 fully saturated rings. The van der Waals surface area contributed by atoms with Gasteiger partial charge in [-0.25, -0.2) is 0 Å². The predicted molar refractivity (Wildman–Crippen MR) is 243 cm³/mol. The number of hydrogen-bond donors (Lipinski definition) is 6. The number of anilines is 6. The topological polar surface area (TPSA) is 308 Å². The van der Waals surface area contributed by atoms with Crippen LogP contribution in [0.25, 0.3) is 0 Å². The number of primary amides is 2. The van der Waals surface area contributed by atoms with Gasteiger partial charge in [-0.15, -0.1) is 20.4 Å². The molecule has 0 bridgehead atoms. The van der Waals surface area contributed by atoms with Gasteiger partial charge in [-0.2, -0.15) is 9.97 Å². The van der Waals surface area contributed by atoms with Gasteiger partial charge in [-0.05, 0) is 74.2 Å². The number of morpholine rings is 2. The van der Waals surface area contributed by atoms with E-state index in [1.807, 2.05) is 16.7 Å². The second-order valence-electron chi connectivity index (χ2n) is 16.1. The van der Waals surface area contributed by atoms with E-state index in [4.69, 9.17) is 26.7 Å². The number of nitrogens with two attached hydrogens (primary N) is 3. The zero-order valence-electron chi connectivity index (χ0n) is 36.9. The molecule has 23 heteroatoms. The van der Waals surface area contributed by atoms with Crippen LogP contribution in [0.4, 0.5) is 34.9 Å². The summed E-state index contributed by atoms with van der Waals surface area (Å²) in [6.45, 7) is 8.90. The van der Waals surface area contributed by atoms with Gasteiger partial charge in [0.1, 0.15) is 0 Å². The van der Waals surface area contributed by atoms with Gasteiger partial charge in [-0.1, -0.05) is 6.92 Å². The summed E-state index contributed by atoms with van der Waals surface area (Å²) in [5.74, 6) is -0.475. The summed E-state index contributed by atoms with van der Waals surface area (Å²) in [6, 6.07) is 13.9. The number of aromatic nitrogens is 6. The highest BCUT2D eigenvalue weighted by Gasteiger charge is 2.27. The first kappa shape index (κ1) is 46.9. The maximum absolute atomic E-state index is 12.7. The molecule has 0 unspecified atom stereocenters. The summed E-state index contributed by atoms with van der Waals surface area (Å²) in [5, 5.41) is 25.3. The third kappa shape index (κ3) is 12.2. The number of amides is 5. The van der Waals surface area contributed by atoms with E-state index in [-0.39, 0.29) is 52.8 Å². The van der Waals surface area contributed by atoms with Gasteiger partial charge in [0.25, 0.3) is 23.6 Å². The molecule has 2 atom stereocenters. The van der Waals surface area contributed by atoms with Crippen LogP contribution in [0.1, 0.15) is 80.7 Å². The normalized spacial score (nSPS) is 18.6. The molecule has 4 aliphatic rings. The Morgan fingerprint density at radius 1 is 0.621 bits per heavy atom. The molecule has 4 aromatic rings. The summed E-state index contributed by atoms with van der Waals surface area (Å²) in [7, 11) is 0. The minimum atomic E-state index is -0.759. The summed E-state index contributed by atoms with van der Waals surface area (Å²) in [4.78, 5) is 77.2. The molecule has 0 spiro atoms. The summed E-state index contributed by atoms with van der Waals surface area (Å²) >= 11 is 0. The quantitative estimate of drug-likeness (QED) is 0.114. The largest absolute Gasteiger partial charge is 0.378 e. The molecule has 66 heavy (non-hydrogen) atoms. The van der Waals surface area contributed by atoms with Crippen molar-refractivity contribution in [2.75, 3.05) is 99.2 Å². The van der Waals surface area contributed by atoms with E-state index in [1.165, 1.54) is 0 Å². The van der Waals surface area contributed by atoms with Crippen LogP contribution < -0.4 is 43.0 Å². The number of piperidine rings is 2. The van der Waals surface area contributed by atoms with E-state index in [0.717, 1.165) is 32.2 Å². The van der Waals surface area contributed by atoms with Crippen LogP contribution in [0, 0.1) is 0 Å². The molecule has 2 aromatic heterocycles. The molecule has 4 saturated heterocycles. The zero-order chi connectivity index (χ0) is 46.6. The number of nitrogens with one attached hydrogen (secondary N) is 3. The Morgan fingerprint density at radius 3 is 1.48 bits per heavy atom. The molecule has 6 heterocycles. The van der Waals surface area contributed by atoms with Crippen molar-refractivity contribution in [1.82, 2.24) is 45.5 Å². The number of ether oxygens (including phenoxy) is 2. The van der Waals surface area contributed by atoms with Crippen molar-refractivity contribution < 1.29 is 33.4 Å². The number of carbonyl (C=O) groups is 5. The van der Waals surface area contributed by atoms with Crippen LogP contribution in [0.2, 0.25) is 0 Å². The number of nitrogens with zero attached hydrogens (tertiary/aromatic N) is 10. The Kier molecular flexibility index (Phi) is 15.8. The number of carbonyl (C=O) groups excluding carboxylic acids is 5. The van der Waals surface area contributed by atoms with Gasteiger partial charge in [0, 0.05) is 93.4 Å². The van der Waals surface area contributed by atoms with Crippen molar-refractivity contribution in [2.24, 2.45) is 17.2 Å². The molecule has 23 nitrogen and oxygen atoms in total. The van der Waals surface area contributed by atoms with Crippen LogP contribution in [0.3, 0.4) is 0 Å². The smallest absolute Gasteiger partial charge is 0.273 e. The van der Waals surface area contributed by atoms with Crippen LogP contribution >= 0.6 is 0 Å². The molecule has 0 radical (unpaired) electrons. The van der Waals surface area contributed by atoms with Crippen LogP contribution in [0.5, 0.6) is 0 Å². The first-order chi connectivity index (χ1) is 31.9. The second-order valence-corrected chi connectivity index (χ2v) is 16.1. The zero-order valence-corrected chi connectivity index (χ0v) is 36.9. The Morgan fingerprint density at radius 2 is 1.06 bits per heavy atom. The summed E-state index contributed by atoms with van der Waals surface area (Å²) in [5.41, 5.74) is 19.2. The number of hydrogen-bond acceptors (Lipinski definition) is 18. The molecule has 8 rings (SSSR count).